The molecule has 0 saturated carbocycles. The van der Waals surface area contributed by atoms with Crippen LogP contribution in [-0.4, -0.2) is 5.91 Å². The van der Waals surface area contributed by atoms with Crippen molar-refractivity contribution in [3.63, 3.8) is 0 Å². The lowest BCUT2D eigenvalue weighted by atomic mass is 10.1. The molecule has 2 aromatic carbocycles. The van der Waals surface area contributed by atoms with E-state index in [1.165, 1.54) is 0 Å². The maximum atomic E-state index is 12.3. The third-order valence-electron chi connectivity index (χ3n) is 3.28. The van der Waals surface area contributed by atoms with Crippen molar-refractivity contribution in [3.8, 4) is 0 Å². The summed E-state index contributed by atoms with van der Waals surface area (Å²) in [5.41, 5.74) is 2.89. The van der Waals surface area contributed by atoms with Crippen LogP contribution in [0.2, 0.25) is 0 Å². The molecule has 0 radical (unpaired) electrons. The first-order chi connectivity index (χ1) is 8.29. The summed E-state index contributed by atoms with van der Waals surface area (Å²) in [6, 6.07) is 17.8. The van der Waals surface area contributed by atoms with Crippen molar-refractivity contribution in [2.45, 2.75) is 13.0 Å². The second-order valence-corrected chi connectivity index (χ2v) is 4.27. The van der Waals surface area contributed by atoms with Crippen LogP contribution in [0.5, 0.6) is 0 Å². The number of hydrogen-bond donors (Lipinski definition) is 0. The van der Waals surface area contributed by atoms with E-state index in [9.17, 15) is 4.79 Å². The number of fused-ring (bicyclic) bond motifs is 1. The number of benzene rings is 2. The lowest BCUT2D eigenvalue weighted by Crippen LogP contribution is -2.25. The zero-order valence-electron chi connectivity index (χ0n) is 9.63. The molecule has 17 heavy (non-hydrogen) atoms. The highest BCUT2D eigenvalue weighted by Gasteiger charge is 2.34. The first kappa shape index (κ1) is 10.1. The minimum Gasteiger partial charge on any atom is -0.301 e. The Bertz CT molecular complexity index is 562. The smallest absolute Gasteiger partial charge is 0.259 e. The quantitative estimate of drug-likeness (QED) is 0.725. The number of anilines is 1. The normalized spacial score (nSPS) is 18.3. The van der Waals surface area contributed by atoms with Gasteiger partial charge in [-0.3, -0.25) is 4.79 Å². The number of amides is 1. The van der Waals surface area contributed by atoms with E-state index >= 15 is 0 Å². The molecule has 0 unspecified atom stereocenters. The highest BCUT2D eigenvalue weighted by Crippen LogP contribution is 2.36. The van der Waals surface area contributed by atoms with Gasteiger partial charge in [0, 0.05) is 11.3 Å². The van der Waals surface area contributed by atoms with Gasteiger partial charge in [-0.15, -0.1) is 0 Å². The molecule has 1 amide bonds. The van der Waals surface area contributed by atoms with E-state index in [2.05, 4.69) is 6.92 Å². The van der Waals surface area contributed by atoms with Crippen molar-refractivity contribution in [2.24, 2.45) is 0 Å². The van der Waals surface area contributed by atoms with Crippen molar-refractivity contribution in [2.75, 3.05) is 4.90 Å². The maximum absolute atomic E-state index is 12.3. The molecule has 1 heterocycles. The van der Waals surface area contributed by atoms with Gasteiger partial charge in [-0.05, 0) is 30.7 Å². The zero-order chi connectivity index (χ0) is 11.8. The summed E-state index contributed by atoms with van der Waals surface area (Å²) < 4.78 is 0. The van der Waals surface area contributed by atoms with Gasteiger partial charge >= 0.3 is 0 Å². The molecule has 0 aromatic heterocycles. The highest BCUT2D eigenvalue weighted by atomic mass is 16.2. The van der Waals surface area contributed by atoms with Gasteiger partial charge in [-0.2, -0.15) is 0 Å². The molecule has 0 N–H and O–H groups in total. The molecule has 2 heteroatoms. The molecule has 1 aliphatic rings. The average molecular weight is 223 g/mol. The van der Waals surface area contributed by atoms with Crippen LogP contribution in [0.15, 0.2) is 54.6 Å². The molecular formula is C15H13NO. The fourth-order valence-electron chi connectivity index (χ4n) is 2.43. The van der Waals surface area contributed by atoms with Gasteiger partial charge in [0.1, 0.15) is 0 Å². The van der Waals surface area contributed by atoms with E-state index in [0.717, 1.165) is 16.8 Å². The monoisotopic (exact) mass is 223 g/mol. The Morgan fingerprint density at radius 2 is 1.59 bits per heavy atom. The molecule has 0 fully saturated rings. The molecule has 0 bridgehead atoms. The Morgan fingerprint density at radius 1 is 0.941 bits per heavy atom. The molecular weight excluding hydrogens is 210 g/mol. The molecule has 0 saturated heterocycles. The van der Waals surface area contributed by atoms with Gasteiger partial charge in [0.2, 0.25) is 0 Å². The molecule has 2 aromatic rings. The van der Waals surface area contributed by atoms with Crippen LogP contribution in [0.3, 0.4) is 0 Å². The van der Waals surface area contributed by atoms with Crippen LogP contribution >= 0.6 is 0 Å². The second kappa shape index (κ2) is 3.74. The summed E-state index contributed by atoms with van der Waals surface area (Å²) >= 11 is 0. The van der Waals surface area contributed by atoms with Gasteiger partial charge in [0.05, 0.1) is 6.04 Å². The molecule has 2 nitrogen and oxygen atoms in total. The number of nitrogens with zero attached hydrogens (tertiary/aromatic N) is 1. The fourth-order valence-corrected chi connectivity index (χ4v) is 2.43. The Hall–Kier alpha value is -2.09. The van der Waals surface area contributed by atoms with Gasteiger partial charge in [0.15, 0.2) is 0 Å². The third-order valence-corrected chi connectivity index (χ3v) is 3.28. The van der Waals surface area contributed by atoms with E-state index in [-0.39, 0.29) is 11.9 Å². The Kier molecular flexibility index (Phi) is 2.22. The summed E-state index contributed by atoms with van der Waals surface area (Å²) in [5, 5.41) is 0. The molecule has 0 aliphatic carbocycles. The van der Waals surface area contributed by atoms with Crippen LogP contribution in [0, 0.1) is 0 Å². The van der Waals surface area contributed by atoms with Gasteiger partial charge in [0.25, 0.3) is 5.91 Å². The Balaban J connectivity index is 2.10. The number of carbonyl (C=O) groups excluding carboxylic acids is 1. The minimum atomic E-state index is 0.0966. The lowest BCUT2D eigenvalue weighted by molar-refractivity contribution is 0.0992. The van der Waals surface area contributed by atoms with Crippen LogP contribution in [0.25, 0.3) is 0 Å². The third kappa shape index (κ3) is 1.45. The average Bonchev–Trinajstić information content (AvgIpc) is 2.64. The summed E-state index contributed by atoms with van der Waals surface area (Å²) in [6.07, 6.45) is 0. The van der Waals surface area contributed by atoms with Crippen LogP contribution < -0.4 is 4.90 Å². The Morgan fingerprint density at radius 3 is 2.29 bits per heavy atom. The van der Waals surface area contributed by atoms with Crippen molar-refractivity contribution in [3.05, 3.63) is 65.7 Å². The molecule has 1 atom stereocenters. The molecule has 1 aliphatic heterocycles. The Labute approximate surface area is 100 Å². The SMILES string of the molecule is C[C@H]1c2ccccc2C(=O)N1c1ccccc1. The van der Waals surface area contributed by atoms with E-state index in [0.29, 0.717) is 0 Å². The highest BCUT2D eigenvalue weighted by molar-refractivity contribution is 6.10. The van der Waals surface area contributed by atoms with Gasteiger partial charge in [-0.1, -0.05) is 36.4 Å². The number of rotatable bonds is 1. The van der Waals surface area contributed by atoms with Crippen LogP contribution in [0.4, 0.5) is 5.69 Å². The van der Waals surface area contributed by atoms with Gasteiger partial charge < -0.3 is 4.90 Å². The topological polar surface area (TPSA) is 20.3 Å². The lowest BCUT2D eigenvalue weighted by Gasteiger charge is -2.21. The number of hydrogen-bond acceptors (Lipinski definition) is 1. The summed E-state index contributed by atoms with van der Waals surface area (Å²) in [6.45, 7) is 2.07. The van der Waals surface area contributed by atoms with Crippen molar-refractivity contribution >= 4 is 11.6 Å². The minimum absolute atomic E-state index is 0.0966. The number of para-hydroxylation sites is 1. The fraction of sp³-hybridized carbons (Fsp3) is 0.133. The van der Waals surface area contributed by atoms with E-state index < -0.39 is 0 Å². The summed E-state index contributed by atoms with van der Waals surface area (Å²) in [7, 11) is 0. The largest absolute Gasteiger partial charge is 0.301 e. The summed E-state index contributed by atoms with van der Waals surface area (Å²) in [5.74, 6) is 0.0966. The molecule has 3 rings (SSSR count). The predicted octanol–water partition coefficient (Wildman–Crippen LogP) is 3.41. The standard InChI is InChI=1S/C15H13NO/c1-11-13-9-5-6-10-14(13)15(17)16(11)12-7-3-2-4-8-12/h2-11H,1H3/t11-/m0/s1. The van der Waals surface area contributed by atoms with Crippen LogP contribution in [-0.2, 0) is 0 Å². The van der Waals surface area contributed by atoms with E-state index in [4.69, 9.17) is 0 Å². The molecule has 0 spiro atoms. The van der Waals surface area contributed by atoms with E-state index in [1.54, 1.807) is 0 Å². The van der Waals surface area contributed by atoms with E-state index in [1.807, 2.05) is 59.5 Å². The summed E-state index contributed by atoms with van der Waals surface area (Å²) in [4.78, 5) is 14.2. The maximum Gasteiger partial charge on any atom is 0.259 e. The zero-order valence-corrected chi connectivity index (χ0v) is 9.63. The van der Waals surface area contributed by atoms with Crippen LogP contribution in [0.1, 0.15) is 28.9 Å². The first-order valence-corrected chi connectivity index (χ1v) is 5.76. The number of carbonyl (C=O) groups is 1. The van der Waals surface area contributed by atoms with Gasteiger partial charge in [-0.25, -0.2) is 0 Å². The second-order valence-electron chi connectivity index (χ2n) is 4.27. The van der Waals surface area contributed by atoms with Crippen molar-refractivity contribution in [1.82, 2.24) is 0 Å². The predicted molar refractivity (Wildman–Crippen MR) is 68.1 cm³/mol. The van der Waals surface area contributed by atoms with Crippen molar-refractivity contribution in [1.29, 1.82) is 0 Å². The molecule has 84 valence electrons. The van der Waals surface area contributed by atoms with Crippen molar-refractivity contribution < 1.29 is 4.79 Å². The first-order valence-electron chi connectivity index (χ1n) is 5.76.